The molecule has 1 aromatic heterocycles. The Balaban J connectivity index is 1.31. The lowest BCUT2D eigenvalue weighted by atomic mass is 9.20. The number of fused-ring (bicyclic) bond motifs is 4. The van der Waals surface area contributed by atoms with Gasteiger partial charge in [-0.25, -0.2) is 0 Å². The number of carbonyl (C=O) groups is 2. The molecule has 7 nitrogen and oxygen atoms in total. The van der Waals surface area contributed by atoms with Crippen molar-refractivity contribution in [2.45, 2.75) is 141 Å². The number of aliphatic hydroxyl groups is 3. The number of ether oxygens (including phenoxy) is 1. The maximum Gasteiger partial charge on any atom is 0.139 e. The highest BCUT2D eigenvalue weighted by Crippen LogP contribution is 2.89. The van der Waals surface area contributed by atoms with Gasteiger partial charge in [-0.05, 0) is 110 Å². The zero-order valence-corrected chi connectivity index (χ0v) is 29.6. The Morgan fingerprint density at radius 2 is 1.90 bits per heavy atom. The van der Waals surface area contributed by atoms with Gasteiger partial charge in [-0.2, -0.15) is 0 Å². The van der Waals surface area contributed by atoms with E-state index in [9.17, 15) is 24.9 Å². The second-order valence-corrected chi connectivity index (χ2v) is 19.0. The van der Waals surface area contributed by atoms with E-state index in [0.717, 1.165) is 44.1 Å². The lowest BCUT2D eigenvalue weighted by molar-refractivity contribution is -0.363. The van der Waals surface area contributed by atoms with Crippen molar-refractivity contribution in [3.8, 4) is 0 Å². The van der Waals surface area contributed by atoms with Gasteiger partial charge in [0, 0.05) is 47.9 Å². The second-order valence-electron chi connectivity index (χ2n) is 19.0. The molecule has 7 heteroatoms. The van der Waals surface area contributed by atoms with E-state index >= 15 is 0 Å². The molecule has 1 saturated heterocycles. The molecule has 13 atom stereocenters. The minimum Gasteiger partial charge on any atom is -0.392 e. The molecular weight excluding hydrogens is 602 g/mol. The summed E-state index contributed by atoms with van der Waals surface area (Å²) < 4.78 is 5.84. The highest BCUT2D eigenvalue weighted by molar-refractivity contribution is 5.86. The first kappa shape index (κ1) is 31.9. The number of H-pyrrole nitrogens is 1. The molecule has 5 fully saturated rings. The molecule has 8 aliphatic rings. The molecule has 0 radical (unpaired) electrons. The standard InChI is InChI=1S/C41H55NO6/c1-22(17-29(44)34-36(4,5)48-34)25-8-12-37(6)28(25)21-39(47)14-7-24-18-31(45)35(2,3)30-9-13-38(37)19-23-10-15-42-32(23)26-20-40(38,39)41(24,30)27(11-16-43)33(26)46/h7,10,14-16,22,24,26-27,29-30,33-34,42,44,46-47H,8-9,11-13,17-21H2,1-6H3/t22-,24-,26+,27+,29-,30+,33+,34-,37+,38+,39-,40-,41+/m1/s1. The van der Waals surface area contributed by atoms with Crippen LogP contribution < -0.4 is 0 Å². The predicted molar refractivity (Wildman–Crippen MR) is 181 cm³/mol. The van der Waals surface area contributed by atoms with E-state index in [-0.39, 0.29) is 64.3 Å². The Morgan fingerprint density at radius 3 is 2.60 bits per heavy atom. The highest BCUT2D eigenvalue weighted by atomic mass is 16.6. The lowest BCUT2D eigenvalue weighted by Gasteiger charge is -2.84. The third-order valence-corrected chi connectivity index (χ3v) is 17.0. The molecule has 0 amide bonds. The number of Topliss-reactive ketones (excluding diaryl/α,β-unsaturated/α-hetero) is 1. The fourth-order valence-corrected chi connectivity index (χ4v) is 15.3. The first-order valence-electron chi connectivity index (χ1n) is 18.9. The van der Waals surface area contributed by atoms with Crippen LogP contribution >= 0.6 is 0 Å². The fraction of sp³-hybridized carbons (Fsp3) is 0.756. The summed E-state index contributed by atoms with van der Waals surface area (Å²) in [4.78, 5) is 30.4. The summed E-state index contributed by atoms with van der Waals surface area (Å²) in [5.74, 6) is -0.359. The molecule has 4 saturated carbocycles. The molecule has 2 bridgehead atoms. The minimum absolute atomic E-state index is 0.0520. The molecule has 0 aromatic carbocycles. The van der Waals surface area contributed by atoms with E-state index in [1.807, 2.05) is 20.0 Å². The molecule has 48 heavy (non-hydrogen) atoms. The van der Waals surface area contributed by atoms with Crippen LogP contribution in [-0.4, -0.2) is 61.9 Å². The molecule has 7 aliphatic carbocycles. The number of aromatic amines is 1. The van der Waals surface area contributed by atoms with Gasteiger partial charge in [-0.1, -0.05) is 51.0 Å². The number of nitrogens with one attached hydrogen (secondary N) is 1. The predicted octanol–water partition coefficient (Wildman–Crippen LogP) is 5.97. The Bertz CT molecular complexity index is 1670. The summed E-state index contributed by atoms with van der Waals surface area (Å²) in [6.45, 7) is 13.1. The van der Waals surface area contributed by atoms with Gasteiger partial charge in [0.2, 0.25) is 0 Å². The van der Waals surface area contributed by atoms with Crippen molar-refractivity contribution in [2.75, 3.05) is 0 Å². The second kappa shape index (κ2) is 9.43. The number of carbonyl (C=O) groups excluding carboxylic acids is 2. The Kier molecular flexibility index (Phi) is 6.26. The van der Waals surface area contributed by atoms with Crippen LogP contribution in [0.3, 0.4) is 0 Å². The van der Waals surface area contributed by atoms with Crippen LogP contribution in [0.1, 0.15) is 117 Å². The summed E-state index contributed by atoms with van der Waals surface area (Å²) in [6, 6.07) is 2.21. The maximum absolute atomic E-state index is 14.0. The van der Waals surface area contributed by atoms with E-state index in [4.69, 9.17) is 4.74 Å². The summed E-state index contributed by atoms with van der Waals surface area (Å²) in [5, 5.41) is 37.7. The summed E-state index contributed by atoms with van der Waals surface area (Å²) in [6.07, 6.45) is 12.8. The Hall–Kier alpha value is -2.06. The van der Waals surface area contributed by atoms with Gasteiger partial charge in [0.1, 0.15) is 18.2 Å². The molecule has 260 valence electrons. The van der Waals surface area contributed by atoms with Gasteiger partial charge in [-0.3, -0.25) is 4.79 Å². The Morgan fingerprint density at radius 1 is 1.15 bits per heavy atom. The SMILES string of the molecule is C[C@H](C[C@@H](O)[C@H]1OC1(C)C)C1=C2C[C@]3(O)C=C[C@@H]4CC(=O)C(C)(C)[C@@H]5CC[C@]6(Cc7cc[nH]c7[C@@H]7C[C@@]63[C@]45[C@@H](CC=O)[C@H]7O)[C@@]2(C)CC1. The molecule has 4 N–H and O–H groups in total. The quantitative estimate of drug-likeness (QED) is 0.170. The van der Waals surface area contributed by atoms with Crippen LogP contribution in [-0.2, 0) is 20.7 Å². The van der Waals surface area contributed by atoms with Crippen molar-refractivity contribution in [2.24, 2.45) is 50.7 Å². The average molecular weight is 658 g/mol. The van der Waals surface area contributed by atoms with Gasteiger partial charge >= 0.3 is 0 Å². The van der Waals surface area contributed by atoms with Gasteiger partial charge in [0.15, 0.2) is 0 Å². The van der Waals surface area contributed by atoms with E-state index in [2.05, 4.69) is 50.9 Å². The van der Waals surface area contributed by atoms with Crippen LogP contribution in [0.2, 0.25) is 0 Å². The minimum atomic E-state index is -1.20. The first-order valence-corrected chi connectivity index (χ1v) is 18.9. The maximum atomic E-state index is 14.0. The number of ketones is 1. The molecule has 2 heterocycles. The van der Waals surface area contributed by atoms with Gasteiger partial charge in [0.05, 0.1) is 23.4 Å². The van der Waals surface area contributed by atoms with Gasteiger partial charge in [0.25, 0.3) is 0 Å². The molecule has 1 aromatic rings. The third-order valence-electron chi connectivity index (χ3n) is 17.0. The molecular formula is C41H55NO6. The van der Waals surface area contributed by atoms with Crippen molar-refractivity contribution < 1.29 is 29.6 Å². The van der Waals surface area contributed by atoms with Crippen LogP contribution in [0, 0.1) is 50.7 Å². The van der Waals surface area contributed by atoms with Crippen molar-refractivity contribution >= 4 is 12.1 Å². The smallest absolute Gasteiger partial charge is 0.139 e. The fourth-order valence-electron chi connectivity index (χ4n) is 15.3. The number of aromatic nitrogens is 1. The van der Waals surface area contributed by atoms with Crippen molar-refractivity contribution in [3.63, 3.8) is 0 Å². The number of allylic oxidation sites excluding steroid dienone is 2. The molecule has 9 rings (SSSR count). The molecule has 0 unspecified atom stereocenters. The number of hydrogen-bond donors (Lipinski definition) is 4. The largest absolute Gasteiger partial charge is 0.392 e. The number of epoxide rings is 1. The lowest BCUT2D eigenvalue weighted by Crippen LogP contribution is -2.84. The number of aliphatic hydroxyl groups excluding tert-OH is 2. The van der Waals surface area contributed by atoms with Crippen molar-refractivity contribution in [1.82, 2.24) is 4.98 Å². The first-order chi connectivity index (χ1) is 22.6. The van der Waals surface area contributed by atoms with Crippen molar-refractivity contribution in [1.29, 1.82) is 0 Å². The van der Waals surface area contributed by atoms with Crippen LogP contribution in [0.25, 0.3) is 0 Å². The van der Waals surface area contributed by atoms with E-state index in [1.165, 1.54) is 16.7 Å². The normalized spacial score (nSPS) is 49.7. The molecule has 1 aliphatic heterocycles. The van der Waals surface area contributed by atoms with E-state index < -0.39 is 34.1 Å². The van der Waals surface area contributed by atoms with Crippen molar-refractivity contribution in [3.05, 3.63) is 46.8 Å². The number of aldehydes is 1. The number of rotatable bonds is 6. The van der Waals surface area contributed by atoms with Crippen LogP contribution in [0.15, 0.2) is 35.6 Å². The zero-order valence-electron chi connectivity index (χ0n) is 29.6. The average Bonchev–Trinajstić information content (AvgIpc) is 3.29. The van der Waals surface area contributed by atoms with Crippen LogP contribution in [0.4, 0.5) is 0 Å². The van der Waals surface area contributed by atoms with E-state index in [1.54, 1.807) is 0 Å². The summed E-state index contributed by atoms with van der Waals surface area (Å²) >= 11 is 0. The van der Waals surface area contributed by atoms with Crippen LogP contribution in [0.5, 0.6) is 0 Å². The van der Waals surface area contributed by atoms with Gasteiger partial charge in [-0.15, -0.1) is 0 Å². The topological polar surface area (TPSA) is 123 Å². The molecule has 2 spiro atoms. The van der Waals surface area contributed by atoms with E-state index in [0.29, 0.717) is 25.7 Å². The summed E-state index contributed by atoms with van der Waals surface area (Å²) in [7, 11) is 0. The Labute approximate surface area is 285 Å². The van der Waals surface area contributed by atoms with Gasteiger partial charge < -0.3 is 29.8 Å². The monoisotopic (exact) mass is 657 g/mol. The zero-order chi connectivity index (χ0) is 34.0. The summed E-state index contributed by atoms with van der Waals surface area (Å²) in [5.41, 5.74) is 1.14. The number of hydrogen-bond acceptors (Lipinski definition) is 6. The third kappa shape index (κ3) is 3.29. The highest BCUT2D eigenvalue weighted by Gasteiger charge is 2.87.